The zero-order valence-corrected chi connectivity index (χ0v) is 34.4. The molecule has 2 aliphatic carbocycles. The molecule has 1 aromatic carbocycles. The van der Waals surface area contributed by atoms with Gasteiger partial charge in [-0.05, 0) is 81.9 Å². The number of carbonyl (C=O) groups is 5. The molecule has 342 valence electrons. The highest BCUT2D eigenvalue weighted by Crippen LogP contribution is 2.60. The van der Waals surface area contributed by atoms with Crippen LogP contribution in [0.15, 0.2) is 35.4 Å². The number of ether oxygens (including phenoxy) is 2. The van der Waals surface area contributed by atoms with Crippen molar-refractivity contribution < 1.29 is 64.9 Å². The van der Waals surface area contributed by atoms with Gasteiger partial charge in [0.2, 0.25) is 17.7 Å². The van der Waals surface area contributed by atoms with Crippen LogP contribution in [-0.2, 0) is 30.0 Å². The number of piperidine rings is 1. The van der Waals surface area contributed by atoms with Crippen LogP contribution >= 0.6 is 0 Å². The molecule has 3 atom stereocenters. The Labute approximate surface area is 356 Å². The number of carbonyl (C=O) groups excluding carboxylic acids is 4. The van der Waals surface area contributed by atoms with Gasteiger partial charge in [-0.3, -0.25) is 24.0 Å². The number of hydrogen-bond acceptors (Lipinski definition) is 9. The van der Waals surface area contributed by atoms with Crippen molar-refractivity contribution in [2.24, 2.45) is 22.2 Å². The number of aromatic carboxylic acids is 1. The van der Waals surface area contributed by atoms with E-state index in [4.69, 9.17) is 9.47 Å². The summed E-state index contributed by atoms with van der Waals surface area (Å²) in [7, 11) is 0. The quantitative estimate of drug-likeness (QED) is 0.278. The number of amides is 4. The summed E-state index contributed by atoms with van der Waals surface area (Å²) >= 11 is 0. The second kappa shape index (κ2) is 16.2. The maximum atomic E-state index is 14.6. The Morgan fingerprint density at radius 1 is 0.968 bits per heavy atom. The molecule has 63 heavy (non-hydrogen) atoms. The molecule has 5 saturated heterocycles. The van der Waals surface area contributed by atoms with Crippen molar-refractivity contribution in [3.63, 3.8) is 0 Å². The third-order valence-corrected chi connectivity index (χ3v) is 14.3. The van der Waals surface area contributed by atoms with Crippen molar-refractivity contribution in [2.45, 2.75) is 94.8 Å². The van der Waals surface area contributed by atoms with Crippen LogP contribution in [0.25, 0.3) is 0 Å². The molecule has 2 aromatic rings. The lowest BCUT2D eigenvalue weighted by Crippen LogP contribution is -2.67. The Kier molecular flexibility index (Phi) is 11.4. The molecule has 5 aliphatic heterocycles. The maximum Gasteiger partial charge on any atom is 0.417 e. The number of carboxylic acids is 1. The summed E-state index contributed by atoms with van der Waals surface area (Å²) in [6.45, 7) is 1.63. The van der Waals surface area contributed by atoms with Crippen LogP contribution in [0, 0.1) is 22.2 Å². The number of aromatic nitrogens is 2. The number of carboxylic acid groups (broad SMARTS) is 1. The molecule has 0 radical (unpaired) electrons. The number of likely N-dealkylation sites (tertiary alicyclic amines) is 3. The van der Waals surface area contributed by atoms with Crippen molar-refractivity contribution in [1.29, 1.82) is 0 Å². The molecule has 15 nitrogen and oxygen atoms in total. The van der Waals surface area contributed by atoms with Crippen molar-refractivity contribution in [3.05, 3.63) is 63.3 Å². The first-order valence-corrected chi connectivity index (χ1v) is 21.1. The molecule has 21 heteroatoms. The molecule has 4 amide bonds. The fourth-order valence-corrected chi connectivity index (χ4v) is 10.2. The predicted octanol–water partition coefficient (Wildman–Crippen LogP) is 3.99. The first-order chi connectivity index (χ1) is 29.6. The van der Waals surface area contributed by atoms with E-state index < -0.39 is 87.5 Å². The average molecular weight is 895 g/mol. The van der Waals surface area contributed by atoms with Crippen LogP contribution in [0.4, 0.5) is 26.3 Å². The highest BCUT2D eigenvalue weighted by molar-refractivity contribution is 5.95. The molecule has 3 N–H and O–H groups in total. The van der Waals surface area contributed by atoms with Gasteiger partial charge in [0.15, 0.2) is 0 Å². The second-order valence-corrected chi connectivity index (χ2v) is 18.4. The minimum absolute atomic E-state index is 0.102. The lowest BCUT2D eigenvalue weighted by Gasteiger charge is -2.51. The fourth-order valence-electron chi connectivity index (χ4n) is 10.2. The summed E-state index contributed by atoms with van der Waals surface area (Å²) in [4.78, 5) is 89.7. The van der Waals surface area contributed by atoms with Gasteiger partial charge in [-0.1, -0.05) is 6.07 Å². The van der Waals surface area contributed by atoms with Gasteiger partial charge in [-0.25, -0.2) is 9.78 Å². The fraction of sp³-hybridized carbons (Fsp3) is 0.643. The normalized spacial score (nSPS) is 26.2. The lowest BCUT2D eigenvalue weighted by molar-refractivity contribution is -0.205. The second-order valence-electron chi connectivity index (χ2n) is 18.4. The smallest absolute Gasteiger partial charge is 0.417 e. The summed E-state index contributed by atoms with van der Waals surface area (Å²) < 4.78 is 95.0. The van der Waals surface area contributed by atoms with E-state index in [1.54, 1.807) is 6.92 Å². The SMILES string of the molecule is C[C@H](OCC12CCC(CC1)OC2)[C@@H](NC(=O)[C@@H]1CN(C(=O)c2c[nH]c(=O)cn2)CC12CN(C(=O)C1(C(F)(F)F)CC1)C2)C(=O)N1CCC(c2ccc(C(F)(F)F)c(C(=O)O)c2)CC1. The number of alkyl halides is 6. The monoisotopic (exact) mass is 894 g/mol. The molecule has 6 heterocycles. The Hall–Kier alpha value is -5.05. The Bertz CT molecular complexity index is 2170. The van der Waals surface area contributed by atoms with Gasteiger partial charge in [-0.2, -0.15) is 26.3 Å². The van der Waals surface area contributed by atoms with E-state index in [9.17, 15) is 60.2 Å². The van der Waals surface area contributed by atoms with Crippen molar-refractivity contribution >= 4 is 29.6 Å². The Balaban J connectivity index is 1.02. The molecule has 7 aliphatic rings. The molecular weight excluding hydrogens is 846 g/mol. The van der Waals surface area contributed by atoms with Crippen LogP contribution in [0.5, 0.6) is 0 Å². The lowest BCUT2D eigenvalue weighted by atomic mass is 9.70. The predicted molar refractivity (Wildman–Crippen MR) is 206 cm³/mol. The summed E-state index contributed by atoms with van der Waals surface area (Å²) in [5.41, 5.74) is -6.48. The van der Waals surface area contributed by atoms with Gasteiger partial charge < -0.3 is 39.6 Å². The largest absolute Gasteiger partial charge is 0.478 e. The van der Waals surface area contributed by atoms with E-state index in [0.29, 0.717) is 12.2 Å². The van der Waals surface area contributed by atoms with Crippen LogP contribution in [0.1, 0.15) is 96.2 Å². The number of nitrogens with one attached hydrogen (secondary N) is 2. The third kappa shape index (κ3) is 8.42. The standard InChI is InChI=1S/C42H48F6N6O9/c1-23(62-21-38-8-4-26(5-9-38)63-22-38)32(35(58)52-12-6-24(7-13-52)25-2-3-28(41(43,44)45)27(14-25)36(59)60)51-33(56)29-17-53(34(57)30-15-50-31(55)16-49-30)18-39(29)19-54(20-39)37(61)40(10-11-40)42(46,47)48/h2-3,14-16,23-24,26,29,32H,4-13,17-22H2,1H3,(H,50,55)(H,51,56)(H,59,60)/t23-,26?,29-,32+,38?/m0/s1. The van der Waals surface area contributed by atoms with Gasteiger partial charge >= 0.3 is 18.3 Å². The van der Waals surface area contributed by atoms with E-state index in [1.807, 2.05) is 0 Å². The molecule has 1 spiro atoms. The third-order valence-electron chi connectivity index (χ3n) is 14.3. The summed E-state index contributed by atoms with van der Waals surface area (Å²) in [5, 5.41) is 12.4. The van der Waals surface area contributed by atoms with Gasteiger partial charge in [-0.15, -0.1) is 0 Å². The molecule has 9 rings (SSSR count). The first kappa shape index (κ1) is 44.6. The van der Waals surface area contributed by atoms with Crippen LogP contribution < -0.4 is 10.9 Å². The Morgan fingerprint density at radius 2 is 1.63 bits per heavy atom. The number of rotatable bonds is 11. The number of nitrogens with zero attached hydrogens (tertiary/aromatic N) is 4. The van der Waals surface area contributed by atoms with Crippen molar-refractivity contribution in [2.75, 3.05) is 52.5 Å². The van der Waals surface area contributed by atoms with E-state index in [1.165, 1.54) is 15.9 Å². The van der Waals surface area contributed by atoms with Crippen molar-refractivity contribution in [1.82, 2.24) is 30.0 Å². The highest BCUT2D eigenvalue weighted by atomic mass is 19.4. The number of benzene rings is 1. The van der Waals surface area contributed by atoms with Crippen LogP contribution in [0.2, 0.25) is 0 Å². The molecular formula is C42H48F6N6O9. The minimum atomic E-state index is -4.88. The van der Waals surface area contributed by atoms with E-state index in [-0.39, 0.29) is 94.7 Å². The number of halogens is 6. The molecule has 2 saturated carbocycles. The minimum Gasteiger partial charge on any atom is -0.478 e. The van der Waals surface area contributed by atoms with E-state index in [0.717, 1.165) is 55.1 Å². The zero-order chi connectivity index (χ0) is 45.3. The van der Waals surface area contributed by atoms with Gasteiger partial charge in [0.1, 0.15) is 17.2 Å². The molecule has 7 fully saturated rings. The number of hydrogen-bond donors (Lipinski definition) is 3. The molecule has 1 aromatic heterocycles. The maximum absolute atomic E-state index is 14.6. The average Bonchev–Trinajstić information content (AvgIpc) is 3.98. The number of H-pyrrole nitrogens is 1. The summed E-state index contributed by atoms with van der Waals surface area (Å²) in [6, 6.07) is 1.68. The van der Waals surface area contributed by atoms with Crippen LogP contribution in [-0.4, -0.2) is 136 Å². The Morgan fingerprint density at radius 3 is 2.19 bits per heavy atom. The van der Waals surface area contributed by atoms with E-state index >= 15 is 0 Å². The van der Waals surface area contributed by atoms with Crippen LogP contribution in [0.3, 0.4) is 0 Å². The van der Waals surface area contributed by atoms with Gasteiger partial charge in [0.25, 0.3) is 11.5 Å². The molecule has 0 unspecified atom stereocenters. The zero-order valence-electron chi connectivity index (χ0n) is 34.4. The number of fused-ring (bicyclic) bond motifs is 3. The van der Waals surface area contributed by atoms with Gasteiger partial charge in [0.05, 0.1) is 48.7 Å². The topological polar surface area (TPSA) is 192 Å². The summed E-state index contributed by atoms with van der Waals surface area (Å²) in [5.74, 6) is -6.20. The van der Waals surface area contributed by atoms with Gasteiger partial charge in [0, 0.05) is 56.3 Å². The highest BCUT2D eigenvalue weighted by Gasteiger charge is 2.72. The molecule has 2 bridgehead atoms. The summed E-state index contributed by atoms with van der Waals surface area (Å²) in [6.07, 6.45) is -5.16. The number of aromatic amines is 1. The van der Waals surface area contributed by atoms with E-state index in [2.05, 4.69) is 15.3 Å². The first-order valence-electron chi connectivity index (χ1n) is 21.1. The van der Waals surface area contributed by atoms with Crippen molar-refractivity contribution in [3.8, 4) is 0 Å².